The lowest BCUT2D eigenvalue weighted by molar-refractivity contribution is 0.475. The number of rotatable bonds is 9. The molecular formula is C21H33N5. The summed E-state index contributed by atoms with van der Waals surface area (Å²) in [5.74, 6) is 2.06. The zero-order valence-electron chi connectivity index (χ0n) is 16.7. The van der Waals surface area contributed by atoms with Crippen LogP contribution in [0.25, 0.3) is 0 Å². The molecule has 0 saturated carbocycles. The van der Waals surface area contributed by atoms with Crippen LogP contribution < -0.4 is 5.32 Å². The molecule has 0 radical (unpaired) electrons. The van der Waals surface area contributed by atoms with E-state index in [-0.39, 0.29) is 0 Å². The molecule has 1 aromatic carbocycles. The molecular weight excluding hydrogens is 322 g/mol. The van der Waals surface area contributed by atoms with Crippen LogP contribution in [0.5, 0.6) is 0 Å². The Bertz CT molecular complexity index is 672. The van der Waals surface area contributed by atoms with Gasteiger partial charge in [0, 0.05) is 45.6 Å². The molecule has 5 nitrogen and oxygen atoms in total. The highest BCUT2D eigenvalue weighted by Crippen LogP contribution is 2.08. The fourth-order valence-corrected chi connectivity index (χ4v) is 2.92. The topological polar surface area (TPSA) is 45.5 Å². The van der Waals surface area contributed by atoms with Gasteiger partial charge in [-0.05, 0) is 44.2 Å². The van der Waals surface area contributed by atoms with Crippen LogP contribution in [-0.2, 0) is 19.5 Å². The average Bonchev–Trinajstić information content (AvgIpc) is 3.06. The van der Waals surface area contributed by atoms with E-state index < -0.39 is 0 Å². The SMILES string of the molecule is CCNC(=NCCCCn1ccnc1C)N(C)Cc1ccc(CC)cc1. The number of nitrogens with zero attached hydrogens (tertiary/aromatic N) is 4. The number of imidazole rings is 1. The predicted molar refractivity (Wildman–Crippen MR) is 109 cm³/mol. The maximum atomic E-state index is 4.79. The van der Waals surface area contributed by atoms with Gasteiger partial charge in [-0.15, -0.1) is 0 Å². The van der Waals surface area contributed by atoms with Gasteiger partial charge in [-0.25, -0.2) is 4.98 Å². The van der Waals surface area contributed by atoms with Crippen LogP contribution in [0.3, 0.4) is 0 Å². The summed E-state index contributed by atoms with van der Waals surface area (Å²) in [5, 5.41) is 3.40. The van der Waals surface area contributed by atoms with Gasteiger partial charge in [-0.3, -0.25) is 4.99 Å². The minimum Gasteiger partial charge on any atom is -0.357 e. The minimum atomic E-state index is 0.842. The Balaban J connectivity index is 1.82. The zero-order valence-corrected chi connectivity index (χ0v) is 16.7. The molecule has 0 aliphatic heterocycles. The molecule has 0 aliphatic carbocycles. The van der Waals surface area contributed by atoms with Crippen molar-refractivity contribution >= 4 is 5.96 Å². The van der Waals surface area contributed by atoms with Crippen LogP contribution in [-0.4, -0.2) is 40.5 Å². The van der Waals surface area contributed by atoms with Crippen molar-refractivity contribution in [1.29, 1.82) is 0 Å². The van der Waals surface area contributed by atoms with Crippen molar-refractivity contribution < 1.29 is 0 Å². The summed E-state index contributed by atoms with van der Waals surface area (Å²) in [6, 6.07) is 8.86. The van der Waals surface area contributed by atoms with Gasteiger partial charge in [0.25, 0.3) is 0 Å². The number of aromatic nitrogens is 2. The first-order valence-corrected chi connectivity index (χ1v) is 9.69. The highest BCUT2D eigenvalue weighted by Gasteiger charge is 2.06. The number of hydrogen-bond acceptors (Lipinski definition) is 2. The highest BCUT2D eigenvalue weighted by molar-refractivity contribution is 5.79. The monoisotopic (exact) mass is 355 g/mol. The van der Waals surface area contributed by atoms with Crippen LogP contribution in [0.15, 0.2) is 41.7 Å². The number of nitrogens with one attached hydrogen (secondary N) is 1. The van der Waals surface area contributed by atoms with Crippen LogP contribution in [0.2, 0.25) is 0 Å². The third-order valence-corrected chi connectivity index (χ3v) is 4.54. The first kappa shape index (κ1) is 20.0. The predicted octanol–water partition coefficient (Wildman–Crippen LogP) is 3.63. The van der Waals surface area contributed by atoms with Crippen molar-refractivity contribution in [2.24, 2.45) is 4.99 Å². The van der Waals surface area contributed by atoms with E-state index in [1.807, 2.05) is 19.3 Å². The van der Waals surface area contributed by atoms with Crippen LogP contribution >= 0.6 is 0 Å². The largest absolute Gasteiger partial charge is 0.357 e. The Kier molecular flexibility index (Phi) is 8.19. The maximum Gasteiger partial charge on any atom is 0.193 e. The Hall–Kier alpha value is -2.30. The van der Waals surface area contributed by atoms with Gasteiger partial charge in [0.05, 0.1) is 0 Å². The number of guanidine groups is 1. The van der Waals surface area contributed by atoms with E-state index in [1.54, 1.807) is 0 Å². The molecule has 26 heavy (non-hydrogen) atoms. The minimum absolute atomic E-state index is 0.842. The lowest BCUT2D eigenvalue weighted by atomic mass is 10.1. The van der Waals surface area contributed by atoms with E-state index in [1.165, 1.54) is 11.1 Å². The normalized spacial score (nSPS) is 11.6. The Labute approximate surface area is 158 Å². The molecule has 0 bridgehead atoms. The van der Waals surface area contributed by atoms with Crippen LogP contribution in [0.4, 0.5) is 0 Å². The molecule has 0 amide bonds. The Morgan fingerprint density at radius 2 is 1.88 bits per heavy atom. The first-order chi connectivity index (χ1) is 12.6. The summed E-state index contributed by atoms with van der Waals surface area (Å²) < 4.78 is 2.20. The smallest absolute Gasteiger partial charge is 0.193 e. The van der Waals surface area contributed by atoms with Gasteiger partial charge in [0.1, 0.15) is 5.82 Å². The summed E-state index contributed by atoms with van der Waals surface area (Å²) in [7, 11) is 2.10. The molecule has 0 spiro atoms. The van der Waals surface area contributed by atoms with E-state index in [9.17, 15) is 0 Å². The number of aryl methyl sites for hydroxylation is 3. The van der Waals surface area contributed by atoms with E-state index in [0.29, 0.717) is 0 Å². The molecule has 0 aliphatic rings. The first-order valence-electron chi connectivity index (χ1n) is 9.69. The van der Waals surface area contributed by atoms with Crippen LogP contribution in [0, 0.1) is 6.92 Å². The molecule has 0 saturated heterocycles. The summed E-state index contributed by atoms with van der Waals surface area (Å²) in [4.78, 5) is 11.3. The van der Waals surface area contributed by atoms with Crippen molar-refractivity contribution in [2.45, 2.75) is 53.1 Å². The van der Waals surface area contributed by atoms with Crippen molar-refractivity contribution in [3.05, 3.63) is 53.6 Å². The molecule has 142 valence electrons. The maximum absolute atomic E-state index is 4.79. The van der Waals surface area contributed by atoms with E-state index in [4.69, 9.17) is 4.99 Å². The molecule has 0 unspecified atom stereocenters. The third-order valence-electron chi connectivity index (χ3n) is 4.54. The second-order valence-electron chi connectivity index (χ2n) is 6.64. The van der Waals surface area contributed by atoms with Crippen molar-refractivity contribution in [2.75, 3.05) is 20.1 Å². The molecule has 1 aromatic heterocycles. The third kappa shape index (κ3) is 6.21. The summed E-state index contributed by atoms with van der Waals surface area (Å²) >= 11 is 0. The van der Waals surface area contributed by atoms with Crippen molar-refractivity contribution in [1.82, 2.24) is 19.8 Å². The number of unbranched alkanes of at least 4 members (excludes halogenated alkanes) is 1. The second-order valence-corrected chi connectivity index (χ2v) is 6.64. The van der Waals surface area contributed by atoms with Crippen molar-refractivity contribution in [3.8, 4) is 0 Å². The average molecular weight is 356 g/mol. The van der Waals surface area contributed by atoms with E-state index in [0.717, 1.165) is 57.2 Å². The molecule has 1 N–H and O–H groups in total. The molecule has 0 fully saturated rings. The summed E-state index contributed by atoms with van der Waals surface area (Å²) in [6.07, 6.45) is 7.17. The van der Waals surface area contributed by atoms with E-state index >= 15 is 0 Å². The summed E-state index contributed by atoms with van der Waals surface area (Å²) in [6.45, 7) is 9.94. The molecule has 2 rings (SSSR count). The second kappa shape index (κ2) is 10.6. The number of hydrogen-bond donors (Lipinski definition) is 1. The quantitative estimate of drug-likeness (QED) is 0.424. The van der Waals surface area contributed by atoms with Gasteiger partial charge in [0.15, 0.2) is 5.96 Å². The van der Waals surface area contributed by atoms with Gasteiger partial charge < -0.3 is 14.8 Å². The molecule has 0 atom stereocenters. The fraction of sp³-hybridized carbons (Fsp3) is 0.524. The van der Waals surface area contributed by atoms with Crippen LogP contribution in [0.1, 0.15) is 43.6 Å². The lowest BCUT2D eigenvalue weighted by Crippen LogP contribution is -2.38. The molecule has 1 heterocycles. The van der Waals surface area contributed by atoms with Gasteiger partial charge in [-0.1, -0.05) is 31.2 Å². The molecule has 5 heteroatoms. The van der Waals surface area contributed by atoms with Crippen molar-refractivity contribution in [3.63, 3.8) is 0 Å². The standard InChI is InChI=1S/C21H33N5/c1-5-19-9-11-20(12-10-19)17-25(4)21(22-6-2)24-13-7-8-15-26-16-14-23-18(26)3/h9-12,14,16H,5-8,13,15,17H2,1-4H3,(H,22,24). The lowest BCUT2D eigenvalue weighted by Gasteiger charge is -2.22. The fourth-order valence-electron chi connectivity index (χ4n) is 2.92. The van der Waals surface area contributed by atoms with Gasteiger partial charge in [0.2, 0.25) is 0 Å². The Morgan fingerprint density at radius 3 is 2.50 bits per heavy atom. The summed E-state index contributed by atoms with van der Waals surface area (Å²) in [5.41, 5.74) is 2.69. The van der Waals surface area contributed by atoms with E-state index in [2.05, 4.69) is 64.9 Å². The zero-order chi connectivity index (χ0) is 18.8. The number of benzene rings is 1. The van der Waals surface area contributed by atoms with Gasteiger partial charge >= 0.3 is 0 Å². The van der Waals surface area contributed by atoms with Gasteiger partial charge in [-0.2, -0.15) is 0 Å². The molecule has 2 aromatic rings. The number of aliphatic imine (C=N–C) groups is 1. The highest BCUT2D eigenvalue weighted by atomic mass is 15.3. The Morgan fingerprint density at radius 1 is 1.15 bits per heavy atom.